The molecule has 0 radical (unpaired) electrons. The lowest BCUT2D eigenvalue weighted by Gasteiger charge is -2.35. The maximum atomic E-state index is 13.9. The summed E-state index contributed by atoms with van der Waals surface area (Å²) in [7, 11) is 0. The highest BCUT2D eigenvalue weighted by molar-refractivity contribution is 6.31. The second kappa shape index (κ2) is 5.43. The van der Waals surface area contributed by atoms with Crippen molar-refractivity contribution in [2.24, 2.45) is 5.73 Å². The zero-order valence-electron chi connectivity index (χ0n) is 11.0. The van der Waals surface area contributed by atoms with Gasteiger partial charge in [0.15, 0.2) is 0 Å². The largest absolute Gasteiger partial charge is 0.365 e. The van der Waals surface area contributed by atoms with Crippen LogP contribution in [0.2, 0.25) is 5.02 Å². The van der Waals surface area contributed by atoms with E-state index < -0.39 is 0 Å². The van der Waals surface area contributed by atoms with Gasteiger partial charge in [0.25, 0.3) is 0 Å². The van der Waals surface area contributed by atoms with E-state index >= 15 is 0 Å². The molecule has 0 bridgehead atoms. The second-order valence-electron chi connectivity index (χ2n) is 5.17. The lowest BCUT2D eigenvalue weighted by Crippen LogP contribution is -2.43. The molecule has 3 rings (SSSR count). The molecule has 1 unspecified atom stereocenters. The van der Waals surface area contributed by atoms with E-state index in [2.05, 4.69) is 17.0 Å². The first kappa shape index (κ1) is 13.4. The van der Waals surface area contributed by atoms with E-state index in [0.717, 1.165) is 12.1 Å². The number of fused-ring (bicyclic) bond motifs is 1. The Morgan fingerprint density at radius 1 is 1.20 bits per heavy atom. The van der Waals surface area contributed by atoms with Crippen LogP contribution in [0.5, 0.6) is 0 Å². The van der Waals surface area contributed by atoms with Crippen LogP contribution < -0.4 is 10.6 Å². The fraction of sp³-hybridized carbons (Fsp3) is 0.250. The molecule has 4 heteroatoms. The van der Waals surface area contributed by atoms with Crippen molar-refractivity contribution >= 4 is 17.3 Å². The van der Waals surface area contributed by atoms with E-state index in [4.69, 9.17) is 17.3 Å². The SMILES string of the molecule is NC1Cc2ccccc2N(Cc2c(F)cccc2Cl)C1. The van der Waals surface area contributed by atoms with Crippen LogP contribution in [0.1, 0.15) is 11.1 Å². The third-order valence-corrected chi connectivity index (χ3v) is 4.03. The molecule has 0 saturated carbocycles. The lowest BCUT2D eigenvalue weighted by atomic mass is 9.98. The van der Waals surface area contributed by atoms with Crippen molar-refractivity contribution in [3.63, 3.8) is 0 Å². The van der Waals surface area contributed by atoms with Crippen molar-refractivity contribution in [1.82, 2.24) is 0 Å². The highest BCUT2D eigenvalue weighted by Gasteiger charge is 2.23. The predicted octanol–water partition coefficient (Wildman–Crippen LogP) is 3.37. The zero-order valence-corrected chi connectivity index (χ0v) is 11.8. The molecular weight excluding hydrogens is 275 g/mol. The third kappa shape index (κ3) is 2.51. The van der Waals surface area contributed by atoms with E-state index in [-0.39, 0.29) is 11.9 Å². The van der Waals surface area contributed by atoms with E-state index in [0.29, 0.717) is 23.7 Å². The Balaban J connectivity index is 1.95. The Morgan fingerprint density at radius 3 is 2.80 bits per heavy atom. The number of hydrogen-bond acceptors (Lipinski definition) is 2. The number of para-hydroxylation sites is 1. The van der Waals surface area contributed by atoms with Crippen molar-refractivity contribution in [1.29, 1.82) is 0 Å². The van der Waals surface area contributed by atoms with Crippen LogP contribution >= 0.6 is 11.6 Å². The topological polar surface area (TPSA) is 29.3 Å². The molecule has 1 aliphatic heterocycles. The number of benzene rings is 2. The molecule has 0 aliphatic carbocycles. The molecule has 1 aliphatic rings. The molecule has 0 amide bonds. The molecule has 0 saturated heterocycles. The van der Waals surface area contributed by atoms with E-state index in [1.807, 2.05) is 12.1 Å². The van der Waals surface area contributed by atoms with Crippen LogP contribution in [0.3, 0.4) is 0 Å². The first-order valence-electron chi connectivity index (χ1n) is 6.66. The summed E-state index contributed by atoms with van der Waals surface area (Å²) in [6.45, 7) is 1.15. The molecule has 104 valence electrons. The molecule has 2 aromatic carbocycles. The van der Waals surface area contributed by atoms with Crippen LogP contribution in [0.15, 0.2) is 42.5 Å². The summed E-state index contributed by atoms with van der Waals surface area (Å²) < 4.78 is 13.9. The molecule has 20 heavy (non-hydrogen) atoms. The Bertz CT molecular complexity index is 609. The van der Waals surface area contributed by atoms with Crippen LogP contribution in [-0.2, 0) is 13.0 Å². The summed E-state index contributed by atoms with van der Waals surface area (Å²) in [5.41, 5.74) is 8.95. The van der Waals surface area contributed by atoms with E-state index in [9.17, 15) is 4.39 Å². The number of rotatable bonds is 2. The Kier molecular flexibility index (Phi) is 3.64. The van der Waals surface area contributed by atoms with Gasteiger partial charge in [0.2, 0.25) is 0 Å². The van der Waals surface area contributed by atoms with Gasteiger partial charge in [-0.2, -0.15) is 0 Å². The summed E-state index contributed by atoms with van der Waals surface area (Å²) in [5.74, 6) is -0.269. The average Bonchev–Trinajstić information content (AvgIpc) is 2.42. The molecule has 0 aromatic heterocycles. The van der Waals surface area contributed by atoms with Gasteiger partial charge in [-0.1, -0.05) is 35.9 Å². The third-order valence-electron chi connectivity index (χ3n) is 3.68. The van der Waals surface area contributed by atoms with Gasteiger partial charge in [0, 0.05) is 35.4 Å². The lowest BCUT2D eigenvalue weighted by molar-refractivity contribution is 0.574. The molecule has 0 spiro atoms. The summed E-state index contributed by atoms with van der Waals surface area (Å²) in [6, 6.07) is 13.0. The summed E-state index contributed by atoms with van der Waals surface area (Å²) in [4.78, 5) is 2.10. The Hall–Kier alpha value is -1.58. The number of nitrogens with two attached hydrogens (primary N) is 1. The molecular formula is C16H16ClFN2. The van der Waals surface area contributed by atoms with Gasteiger partial charge in [-0.15, -0.1) is 0 Å². The first-order chi connectivity index (χ1) is 9.65. The number of nitrogens with zero attached hydrogens (tertiary/aromatic N) is 1. The van der Waals surface area contributed by atoms with Gasteiger partial charge in [-0.3, -0.25) is 0 Å². The molecule has 2 nitrogen and oxygen atoms in total. The van der Waals surface area contributed by atoms with Crippen molar-refractivity contribution in [2.45, 2.75) is 19.0 Å². The first-order valence-corrected chi connectivity index (χ1v) is 7.04. The quantitative estimate of drug-likeness (QED) is 0.919. The summed E-state index contributed by atoms with van der Waals surface area (Å²) >= 11 is 6.11. The van der Waals surface area contributed by atoms with Gasteiger partial charge in [-0.05, 0) is 30.2 Å². The van der Waals surface area contributed by atoms with Crippen molar-refractivity contribution in [2.75, 3.05) is 11.4 Å². The Labute approximate surface area is 123 Å². The van der Waals surface area contributed by atoms with Crippen LogP contribution in [0.25, 0.3) is 0 Å². The number of anilines is 1. The zero-order chi connectivity index (χ0) is 14.1. The van der Waals surface area contributed by atoms with Gasteiger partial charge in [0.1, 0.15) is 5.82 Å². The van der Waals surface area contributed by atoms with Crippen LogP contribution in [-0.4, -0.2) is 12.6 Å². The van der Waals surface area contributed by atoms with Crippen molar-refractivity contribution in [3.05, 3.63) is 64.4 Å². The van der Waals surface area contributed by atoms with Crippen molar-refractivity contribution < 1.29 is 4.39 Å². The number of halogens is 2. The fourth-order valence-corrected chi connectivity index (χ4v) is 2.97. The molecule has 1 heterocycles. The minimum absolute atomic E-state index is 0.0652. The van der Waals surface area contributed by atoms with Gasteiger partial charge in [0.05, 0.1) is 0 Å². The normalized spacial score (nSPS) is 17.9. The van der Waals surface area contributed by atoms with Gasteiger partial charge >= 0.3 is 0 Å². The van der Waals surface area contributed by atoms with Gasteiger partial charge < -0.3 is 10.6 Å². The number of hydrogen-bond donors (Lipinski definition) is 1. The minimum Gasteiger partial charge on any atom is -0.365 e. The highest BCUT2D eigenvalue weighted by Crippen LogP contribution is 2.30. The highest BCUT2D eigenvalue weighted by atomic mass is 35.5. The minimum atomic E-state index is -0.269. The molecule has 1 atom stereocenters. The van der Waals surface area contributed by atoms with Gasteiger partial charge in [-0.25, -0.2) is 4.39 Å². The van der Waals surface area contributed by atoms with Crippen molar-refractivity contribution in [3.8, 4) is 0 Å². The monoisotopic (exact) mass is 290 g/mol. The van der Waals surface area contributed by atoms with E-state index in [1.165, 1.54) is 11.6 Å². The summed E-state index contributed by atoms with van der Waals surface area (Å²) in [6.07, 6.45) is 0.859. The molecule has 2 N–H and O–H groups in total. The maximum Gasteiger partial charge on any atom is 0.129 e. The van der Waals surface area contributed by atoms with Crippen LogP contribution in [0, 0.1) is 5.82 Å². The summed E-state index contributed by atoms with van der Waals surface area (Å²) in [5, 5.41) is 0.460. The standard InChI is InChI=1S/C16H16ClFN2/c17-14-5-3-6-15(18)13(14)10-20-9-12(19)8-11-4-1-2-7-16(11)20/h1-7,12H,8-10,19H2. The average molecular weight is 291 g/mol. The van der Waals surface area contributed by atoms with Crippen LogP contribution in [0.4, 0.5) is 10.1 Å². The smallest absolute Gasteiger partial charge is 0.129 e. The molecule has 2 aromatic rings. The molecule has 0 fully saturated rings. The maximum absolute atomic E-state index is 13.9. The fourth-order valence-electron chi connectivity index (χ4n) is 2.74. The Morgan fingerprint density at radius 2 is 2.00 bits per heavy atom. The second-order valence-corrected chi connectivity index (χ2v) is 5.58. The predicted molar refractivity (Wildman–Crippen MR) is 80.6 cm³/mol. The van der Waals surface area contributed by atoms with E-state index in [1.54, 1.807) is 12.1 Å².